The van der Waals surface area contributed by atoms with Crippen molar-refractivity contribution in [3.63, 3.8) is 0 Å². The minimum Gasteiger partial charge on any atom is -0.481 e. The monoisotopic (exact) mass is 654 g/mol. The van der Waals surface area contributed by atoms with Gasteiger partial charge in [-0.3, -0.25) is 14.5 Å². The molecule has 1 saturated carbocycles. The number of hydrogen-bond acceptors (Lipinski definition) is 6. The van der Waals surface area contributed by atoms with E-state index in [2.05, 4.69) is 47.1 Å². The highest BCUT2D eigenvalue weighted by molar-refractivity contribution is 5.76. The number of nitrogens with zero attached hydrogens (tertiary/aromatic N) is 1. The number of aliphatic carboxylic acids is 1. The summed E-state index contributed by atoms with van der Waals surface area (Å²) in [5, 5.41) is 21.4. The van der Waals surface area contributed by atoms with Gasteiger partial charge in [0, 0.05) is 50.5 Å². The molecule has 3 aromatic rings. The molecule has 1 aliphatic carbocycles. The summed E-state index contributed by atoms with van der Waals surface area (Å²) in [6.45, 7) is 6.11. The first-order valence-electron chi connectivity index (χ1n) is 17.5. The molecule has 0 unspecified atom stereocenters. The van der Waals surface area contributed by atoms with Gasteiger partial charge in [-0.15, -0.1) is 6.58 Å². The molecule has 1 aliphatic heterocycles. The summed E-state index contributed by atoms with van der Waals surface area (Å²) in [5.74, 6) is -0.830. The van der Waals surface area contributed by atoms with Crippen LogP contribution < -0.4 is 5.32 Å². The van der Waals surface area contributed by atoms with Crippen molar-refractivity contribution in [2.24, 2.45) is 0 Å². The number of nitrogens with one attached hydrogen (secondary N) is 1. The van der Waals surface area contributed by atoms with E-state index in [1.807, 2.05) is 48.5 Å². The fraction of sp³-hybridized carbons (Fsp3) is 0.450. The highest BCUT2D eigenvalue weighted by Gasteiger charge is 2.34. The maximum Gasteiger partial charge on any atom is 0.303 e. The highest BCUT2D eigenvalue weighted by Crippen LogP contribution is 2.39. The quantitative estimate of drug-likeness (QED) is 0.102. The molecule has 2 aliphatic rings. The van der Waals surface area contributed by atoms with Crippen molar-refractivity contribution in [2.45, 2.75) is 102 Å². The molecule has 256 valence electrons. The van der Waals surface area contributed by atoms with Gasteiger partial charge < -0.3 is 25.0 Å². The number of aliphatic hydroxyl groups is 1. The summed E-state index contributed by atoms with van der Waals surface area (Å²) < 4.78 is 13.3. The Morgan fingerprint density at radius 3 is 2.31 bits per heavy atom. The van der Waals surface area contributed by atoms with E-state index in [4.69, 9.17) is 14.6 Å². The minimum atomic E-state index is -0.799. The van der Waals surface area contributed by atoms with Crippen LogP contribution in [0.2, 0.25) is 0 Å². The van der Waals surface area contributed by atoms with E-state index in [0.717, 1.165) is 59.3 Å². The molecule has 8 nitrogen and oxygen atoms in total. The molecule has 0 aromatic heterocycles. The summed E-state index contributed by atoms with van der Waals surface area (Å²) >= 11 is 0. The van der Waals surface area contributed by atoms with Crippen LogP contribution in [0.1, 0.15) is 98.9 Å². The van der Waals surface area contributed by atoms with Gasteiger partial charge in [-0.2, -0.15) is 0 Å². The lowest BCUT2D eigenvalue weighted by Crippen LogP contribution is -2.43. The number of carboxylic acids is 1. The number of unbranched alkanes of at least 4 members (excludes halogenated alkanes) is 2. The Kier molecular flexibility index (Phi) is 13.4. The van der Waals surface area contributed by atoms with Gasteiger partial charge >= 0.3 is 5.97 Å². The third-order valence-corrected chi connectivity index (χ3v) is 9.54. The molecule has 3 N–H and O–H groups in total. The van der Waals surface area contributed by atoms with Gasteiger partial charge in [0.15, 0.2) is 6.29 Å². The zero-order valence-electron chi connectivity index (χ0n) is 27.9. The lowest BCUT2D eigenvalue weighted by molar-refractivity contribution is -0.253. The van der Waals surface area contributed by atoms with Crippen molar-refractivity contribution >= 4 is 11.9 Å². The van der Waals surface area contributed by atoms with Crippen LogP contribution in [0.4, 0.5) is 0 Å². The van der Waals surface area contributed by atoms with Gasteiger partial charge in [0.1, 0.15) is 0 Å². The highest BCUT2D eigenvalue weighted by atomic mass is 16.7. The van der Waals surface area contributed by atoms with Crippen molar-refractivity contribution in [3.8, 4) is 11.1 Å². The SMILES string of the molecule is C=CCN(C[C@H]1C[C@@H](c2ccc(CO)cc2)O[C@@H](c2ccc(-c3ccccc3CNC(=O)CCCCCC(=O)O)cc2)O1)C1CCCC1. The van der Waals surface area contributed by atoms with E-state index >= 15 is 0 Å². The smallest absolute Gasteiger partial charge is 0.303 e. The molecule has 1 heterocycles. The van der Waals surface area contributed by atoms with Crippen LogP contribution in [0.15, 0.2) is 85.5 Å². The summed E-state index contributed by atoms with van der Waals surface area (Å²) in [6.07, 6.45) is 9.54. The van der Waals surface area contributed by atoms with Gasteiger partial charge in [0.25, 0.3) is 0 Å². The van der Waals surface area contributed by atoms with Gasteiger partial charge in [-0.1, -0.05) is 98.1 Å². The summed E-state index contributed by atoms with van der Waals surface area (Å²) in [7, 11) is 0. The predicted molar refractivity (Wildman–Crippen MR) is 187 cm³/mol. The first kappa shape index (κ1) is 35.5. The number of rotatable bonds is 17. The lowest BCUT2D eigenvalue weighted by Gasteiger charge is -2.39. The number of amides is 1. The van der Waals surface area contributed by atoms with E-state index in [-0.39, 0.29) is 31.1 Å². The fourth-order valence-corrected chi connectivity index (χ4v) is 6.90. The Morgan fingerprint density at radius 2 is 1.60 bits per heavy atom. The van der Waals surface area contributed by atoms with E-state index in [0.29, 0.717) is 31.8 Å². The first-order chi connectivity index (χ1) is 23.4. The van der Waals surface area contributed by atoms with Gasteiger partial charge in [-0.05, 0) is 53.5 Å². The molecule has 1 amide bonds. The first-order valence-corrected chi connectivity index (χ1v) is 17.5. The molecule has 3 atom stereocenters. The number of carbonyl (C=O) groups excluding carboxylic acids is 1. The van der Waals surface area contributed by atoms with E-state index in [9.17, 15) is 14.7 Å². The van der Waals surface area contributed by atoms with Crippen LogP contribution in [0.25, 0.3) is 11.1 Å². The Labute approximate surface area is 284 Å². The van der Waals surface area contributed by atoms with E-state index in [1.54, 1.807) is 0 Å². The van der Waals surface area contributed by atoms with Gasteiger partial charge in [-0.25, -0.2) is 0 Å². The maximum atomic E-state index is 12.5. The molecule has 8 heteroatoms. The number of carboxylic acid groups (broad SMARTS) is 1. The summed E-state index contributed by atoms with van der Waals surface area (Å²) in [6, 6.07) is 24.9. The summed E-state index contributed by atoms with van der Waals surface area (Å²) in [5.41, 5.74) is 6.02. The van der Waals surface area contributed by atoms with Crippen molar-refractivity contribution < 1.29 is 29.3 Å². The largest absolute Gasteiger partial charge is 0.481 e. The standard InChI is InChI=1S/C40H50N2O6/c1-2-24-42(34-11-7-8-12-34)27-35-25-37(31-18-16-29(28-43)17-19-31)48-40(47-35)32-22-20-30(21-23-32)36-13-9-6-10-33(36)26-41-38(44)14-4-3-5-15-39(45)46/h2,6,9-10,13,16-23,34-35,37,40,43H,1,3-5,7-8,11-12,14-15,24-28H2,(H,41,44)(H,45,46)/t35-,37+,40+/m1/s1. The second-order valence-electron chi connectivity index (χ2n) is 13.0. The molecule has 2 fully saturated rings. The Hall–Kier alpha value is -3.82. The third kappa shape index (κ3) is 10.1. The maximum absolute atomic E-state index is 12.5. The van der Waals surface area contributed by atoms with Crippen molar-refractivity contribution in [3.05, 3.63) is 108 Å². The fourth-order valence-electron chi connectivity index (χ4n) is 6.90. The van der Waals surface area contributed by atoms with Crippen molar-refractivity contribution in [2.75, 3.05) is 13.1 Å². The Balaban J connectivity index is 1.27. The van der Waals surface area contributed by atoms with Crippen LogP contribution in [-0.2, 0) is 32.2 Å². The predicted octanol–water partition coefficient (Wildman–Crippen LogP) is 7.47. The molecule has 5 rings (SSSR count). The second-order valence-corrected chi connectivity index (χ2v) is 13.0. The van der Waals surface area contributed by atoms with E-state index in [1.165, 1.54) is 25.7 Å². The number of aliphatic hydroxyl groups excluding tert-OH is 1. The molecular weight excluding hydrogens is 604 g/mol. The van der Waals surface area contributed by atoms with Crippen LogP contribution in [-0.4, -0.2) is 52.2 Å². The van der Waals surface area contributed by atoms with Crippen LogP contribution >= 0.6 is 0 Å². The lowest BCUT2D eigenvalue weighted by atomic mass is 9.97. The van der Waals surface area contributed by atoms with Crippen LogP contribution in [0.5, 0.6) is 0 Å². The molecule has 48 heavy (non-hydrogen) atoms. The summed E-state index contributed by atoms with van der Waals surface area (Å²) in [4.78, 5) is 25.7. The van der Waals surface area contributed by atoms with E-state index < -0.39 is 12.3 Å². The van der Waals surface area contributed by atoms with Crippen molar-refractivity contribution in [1.29, 1.82) is 0 Å². The van der Waals surface area contributed by atoms with Crippen molar-refractivity contribution in [1.82, 2.24) is 10.2 Å². The third-order valence-electron chi connectivity index (χ3n) is 9.54. The molecule has 1 saturated heterocycles. The molecule has 0 radical (unpaired) electrons. The van der Waals surface area contributed by atoms with Crippen LogP contribution in [0.3, 0.4) is 0 Å². The van der Waals surface area contributed by atoms with Crippen LogP contribution in [0, 0.1) is 0 Å². The number of carbonyl (C=O) groups is 2. The average Bonchev–Trinajstić information content (AvgIpc) is 3.66. The van der Waals surface area contributed by atoms with Gasteiger partial charge in [0.2, 0.25) is 5.91 Å². The average molecular weight is 655 g/mol. The molecule has 0 bridgehead atoms. The molecule has 0 spiro atoms. The zero-order valence-corrected chi connectivity index (χ0v) is 27.9. The minimum absolute atomic E-state index is 0.0100. The molecule has 3 aromatic carbocycles. The number of benzene rings is 3. The number of ether oxygens (including phenoxy) is 2. The zero-order chi connectivity index (χ0) is 33.7. The molecular formula is C40H50N2O6. The Morgan fingerprint density at radius 1 is 0.896 bits per heavy atom. The normalized spacial score (nSPS) is 19.8. The Bertz CT molecular complexity index is 1470. The van der Waals surface area contributed by atoms with Gasteiger partial charge in [0.05, 0.1) is 18.8 Å². The number of hydrogen-bond donors (Lipinski definition) is 3. The topological polar surface area (TPSA) is 108 Å². The second kappa shape index (κ2) is 18.1.